The van der Waals surface area contributed by atoms with Crippen LogP contribution < -0.4 is 21.3 Å². The van der Waals surface area contributed by atoms with Crippen molar-refractivity contribution in [3.8, 4) is 0 Å². The van der Waals surface area contributed by atoms with Crippen LogP contribution in [0.3, 0.4) is 0 Å². The molecule has 2 rings (SSSR count). The molecule has 5 atom stereocenters. The van der Waals surface area contributed by atoms with E-state index in [4.69, 9.17) is 0 Å². The minimum absolute atomic E-state index is 0.0252. The number of likely N-dealkylation sites (N-methyl/N-ethyl adjacent to an activating group) is 1. The Morgan fingerprint density at radius 2 is 1.96 bits per heavy atom. The molecule has 152 valence electrons. The average Bonchev–Trinajstić information content (AvgIpc) is 2.60. The van der Waals surface area contributed by atoms with Crippen molar-refractivity contribution in [2.24, 2.45) is 5.92 Å². The van der Waals surface area contributed by atoms with Gasteiger partial charge < -0.3 is 31.5 Å². The van der Waals surface area contributed by atoms with Crippen molar-refractivity contribution in [2.45, 2.75) is 63.4 Å². The van der Waals surface area contributed by atoms with Crippen LogP contribution in [0.2, 0.25) is 0 Å². The first-order valence-corrected chi connectivity index (χ1v) is 9.37. The van der Waals surface area contributed by atoms with Crippen LogP contribution in [0.25, 0.3) is 0 Å². The van der Waals surface area contributed by atoms with Gasteiger partial charge in [0.1, 0.15) is 12.1 Å². The lowest BCUT2D eigenvalue weighted by molar-refractivity contribution is -0.129. The van der Waals surface area contributed by atoms with Crippen molar-refractivity contribution < 1.29 is 24.6 Å². The third-order valence-electron chi connectivity index (χ3n) is 5.02. The average molecular weight is 382 g/mol. The van der Waals surface area contributed by atoms with E-state index in [0.29, 0.717) is 13.0 Å². The Kier molecular flexibility index (Phi) is 7.34. The van der Waals surface area contributed by atoms with Crippen LogP contribution in [-0.2, 0) is 14.4 Å². The van der Waals surface area contributed by atoms with Crippen molar-refractivity contribution >= 4 is 17.7 Å². The minimum Gasteiger partial charge on any atom is -0.390 e. The number of amides is 3. The summed E-state index contributed by atoms with van der Waals surface area (Å²) in [5.41, 5.74) is 0.238. The molecule has 3 amide bonds. The van der Waals surface area contributed by atoms with Crippen LogP contribution in [0, 0.1) is 5.92 Å². The molecule has 9 nitrogen and oxygen atoms in total. The van der Waals surface area contributed by atoms with Gasteiger partial charge >= 0.3 is 0 Å². The van der Waals surface area contributed by atoms with Gasteiger partial charge in [-0.3, -0.25) is 14.4 Å². The van der Waals surface area contributed by atoms with Gasteiger partial charge in [-0.1, -0.05) is 19.9 Å². The predicted octanol–water partition coefficient (Wildman–Crippen LogP) is -1.84. The van der Waals surface area contributed by atoms with Gasteiger partial charge in [-0.25, -0.2) is 0 Å². The Morgan fingerprint density at radius 1 is 1.26 bits per heavy atom. The van der Waals surface area contributed by atoms with Crippen LogP contribution in [-0.4, -0.2) is 71.9 Å². The molecular weight excluding hydrogens is 352 g/mol. The first kappa shape index (κ1) is 21.3. The van der Waals surface area contributed by atoms with Crippen LogP contribution in [0.4, 0.5) is 0 Å². The Labute approximate surface area is 159 Å². The van der Waals surface area contributed by atoms with E-state index < -0.39 is 36.2 Å². The maximum atomic E-state index is 12.5. The lowest BCUT2D eigenvalue weighted by Gasteiger charge is -2.33. The van der Waals surface area contributed by atoms with Crippen LogP contribution in [0.1, 0.15) is 33.1 Å². The summed E-state index contributed by atoms with van der Waals surface area (Å²) in [5, 5.41) is 31.3. The molecule has 9 heteroatoms. The minimum atomic E-state index is -1.21. The first-order valence-electron chi connectivity index (χ1n) is 9.37. The summed E-state index contributed by atoms with van der Waals surface area (Å²) < 4.78 is 0. The van der Waals surface area contributed by atoms with Crippen molar-refractivity contribution in [2.75, 3.05) is 13.6 Å². The fraction of sp³-hybridized carbons (Fsp3) is 0.722. The summed E-state index contributed by atoms with van der Waals surface area (Å²) in [5.74, 6) is -1.01. The zero-order valence-corrected chi connectivity index (χ0v) is 16.0. The van der Waals surface area contributed by atoms with Gasteiger partial charge in [-0.15, -0.1) is 0 Å². The molecule has 0 aromatic heterocycles. The van der Waals surface area contributed by atoms with E-state index in [1.165, 1.54) is 6.08 Å². The largest absolute Gasteiger partial charge is 0.390 e. The molecule has 2 aliphatic rings. The Bertz CT molecular complexity index is 607. The van der Waals surface area contributed by atoms with E-state index in [1.807, 2.05) is 13.8 Å². The maximum absolute atomic E-state index is 12.5. The number of nitrogens with one attached hydrogen (secondary N) is 4. The van der Waals surface area contributed by atoms with Crippen molar-refractivity contribution in [1.29, 1.82) is 0 Å². The number of piperidine rings is 1. The highest BCUT2D eigenvalue weighted by atomic mass is 16.3. The molecule has 1 saturated heterocycles. The van der Waals surface area contributed by atoms with E-state index in [1.54, 1.807) is 7.05 Å². The summed E-state index contributed by atoms with van der Waals surface area (Å²) in [7, 11) is 1.67. The number of hydrogen-bond donors (Lipinski definition) is 6. The van der Waals surface area contributed by atoms with Gasteiger partial charge in [-0.05, 0) is 25.8 Å². The molecule has 0 aromatic rings. The van der Waals surface area contributed by atoms with Crippen molar-refractivity contribution in [3.63, 3.8) is 0 Å². The molecule has 1 fully saturated rings. The highest BCUT2D eigenvalue weighted by Crippen LogP contribution is 2.21. The van der Waals surface area contributed by atoms with Gasteiger partial charge in [0.25, 0.3) is 0 Å². The SMILES string of the molecule is CNC(C(=O)NC1C=C(C(=O)NC2CCCNC2=O)CC(O)C1O)C(C)C. The monoisotopic (exact) mass is 382 g/mol. The van der Waals surface area contributed by atoms with Gasteiger partial charge in [0.15, 0.2) is 0 Å². The lowest BCUT2D eigenvalue weighted by Crippen LogP contribution is -2.56. The van der Waals surface area contributed by atoms with Gasteiger partial charge in [0, 0.05) is 18.5 Å². The third-order valence-corrected chi connectivity index (χ3v) is 5.02. The van der Waals surface area contributed by atoms with Crippen LogP contribution in [0.15, 0.2) is 11.6 Å². The summed E-state index contributed by atoms with van der Waals surface area (Å²) in [6, 6.07) is -1.97. The summed E-state index contributed by atoms with van der Waals surface area (Å²) >= 11 is 0. The van der Waals surface area contributed by atoms with Gasteiger partial charge in [0.2, 0.25) is 17.7 Å². The standard InChI is InChI=1S/C18H30N4O5/c1-9(2)14(19-3)18(27)22-12-7-10(8-13(23)15(12)24)16(25)21-11-5-4-6-20-17(11)26/h7,9,11-15,19,23-24H,4-6,8H2,1-3H3,(H,20,26)(H,21,25)(H,22,27). The maximum Gasteiger partial charge on any atom is 0.247 e. The third kappa shape index (κ3) is 5.27. The van der Waals surface area contributed by atoms with Crippen molar-refractivity contribution in [1.82, 2.24) is 21.3 Å². The molecule has 1 aliphatic heterocycles. The molecule has 0 bridgehead atoms. The zero-order chi connectivity index (χ0) is 20.1. The molecular formula is C18H30N4O5. The molecule has 0 radical (unpaired) electrons. The van der Waals surface area contributed by atoms with Gasteiger partial charge in [-0.2, -0.15) is 0 Å². The topological polar surface area (TPSA) is 140 Å². The number of hydrogen-bond acceptors (Lipinski definition) is 6. The zero-order valence-electron chi connectivity index (χ0n) is 16.0. The first-order chi connectivity index (χ1) is 12.7. The van der Waals surface area contributed by atoms with Crippen LogP contribution >= 0.6 is 0 Å². The molecule has 1 aliphatic carbocycles. The smallest absolute Gasteiger partial charge is 0.247 e. The number of aliphatic hydroxyl groups excluding tert-OH is 2. The summed E-state index contributed by atoms with van der Waals surface area (Å²) in [6.45, 7) is 4.36. The number of carbonyl (C=O) groups is 3. The van der Waals surface area contributed by atoms with E-state index in [-0.39, 0.29) is 29.7 Å². The highest BCUT2D eigenvalue weighted by Gasteiger charge is 2.36. The Morgan fingerprint density at radius 3 is 2.56 bits per heavy atom. The molecule has 0 saturated carbocycles. The molecule has 5 unspecified atom stereocenters. The van der Waals surface area contributed by atoms with E-state index in [0.717, 1.165) is 6.42 Å². The second-order valence-electron chi connectivity index (χ2n) is 7.46. The summed E-state index contributed by atoms with van der Waals surface area (Å²) in [6.07, 6.45) is 0.331. The normalized spacial score (nSPS) is 29.6. The van der Waals surface area contributed by atoms with E-state index in [2.05, 4.69) is 21.3 Å². The van der Waals surface area contributed by atoms with Crippen LogP contribution in [0.5, 0.6) is 0 Å². The second-order valence-corrected chi connectivity index (χ2v) is 7.46. The van der Waals surface area contributed by atoms with Gasteiger partial charge in [0.05, 0.1) is 18.2 Å². The van der Waals surface area contributed by atoms with E-state index in [9.17, 15) is 24.6 Å². The summed E-state index contributed by atoms with van der Waals surface area (Å²) in [4.78, 5) is 36.8. The Hall–Kier alpha value is -1.97. The fourth-order valence-corrected chi connectivity index (χ4v) is 3.45. The second kappa shape index (κ2) is 9.29. The molecule has 27 heavy (non-hydrogen) atoms. The predicted molar refractivity (Wildman–Crippen MR) is 98.5 cm³/mol. The molecule has 1 heterocycles. The van der Waals surface area contributed by atoms with E-state index >= 15 is 0 Å². The number of carbonyl (C=O) groups excluding carboxylic acids is 3. The molecule has 6 N–H and O–H groups in total. The number of rotatable bonds is 6. The van der Waals surface area contributed by atoms with Crippen molar-refractivity contribution in [3.05, 3.63) is 11.6 Å². The fourth-order valence-electron chi connectivity index (χ4n) is 3.45. The molecule has 0 aromatic carbocycles. The Balaban J connectivity index is 2.09. The molecule has 0 spiro atoms. The lowest BCUT2D eigenvalue weighted by atomic mass is 9.89. The number of aliphatic hydroxyl groups is 2. The highest BCUT2D eigenvalue weighted by molar-refractivity contribution is 5.97. The quantitative estimate of drug-likeness (QED) is 0.319.